The molecule has 2 aromatic carbocycles. The number of alkyl halides is 6. The normalized spacial score (nSPS) is 17.8. The van der Waals surface area contributed by atoms with Crippen LogP contribution in [0.5, 0.6) is 0 Å². The van der Waals surface area contributed by atoms with Gasteiger partial charge in [-0.3, -0.25) is 4.79 Å². The number of carbonyl (C=O) groups is 1. The number of hydrogen-bond acceptors (Lipinski definition) is 1. The largest absolute Gasteiger partial charge is 0.416 e. The van der Waals surface area contributed by atoms with Gasteiger partial charge in [-0.15, -0.1) is 0 Å². The summed E-state index contributed by atoms with van der Waals surface area (Å²) in [7, 11) is 0. The van der Waals surface area contributed by atoms with E-state index in [0.29, 0.717) is 36.4 Å². The fourth-order valence-corrected chi connectivity index (χ4v) is 3.74. The van der Waals surface area contributed by atoms with E-state index in [2.05, 4.69) is 0 Å². The number of nitrogens with zero attached hydrogens (tertiary/aromatic N) is 1. The van der Waals surface area contributed by atoms with Crippen LogP contribution in [0.25, 0.3) is 0 Å². The lowest BCUT2D eigenvalue weighted by atomic mass is 9.94. The standard InChI is InChI=1S/C21H18ClF6NO/c22-17-6-4-13(5-7-17)9-18-3-1-2-8-29(18)19(30)14-10-15(20(23,24)25)12-16(11-14)21(26,27)28/h4-7,10-12,18H,1-3,8-9H2. The smallest absolute Gasteiger partial charge is 0.335 e. The minimum Gasteiger partial charge on any atom is -0.335 e. The summed E-state index contributed by atoms with van der Waals surface area (Å²) in [5, 5.41) is 0.541. The predicted octanol–water partition coefficient (Wildman–Crippen LogP) is 6.62. The second-order valence-electron chi connectivity index (χ2n) is 7.27. The maximum absolute atomic E-state index is 13.1. The van der Waals surface area contributed by atoms with Crippen LogP contribution >= 0.6 is 11.6 Å². The van der Waals surface area contributed by atoms with Crippen LogP contribution in [0.3, 0.4) is 0 Å². The van der Waals surface area contributed by atoms with Crippen LogP contribution in [-0.4, -0.2) is 23.4 Å². The molecule has 0 bridgehead atoms. The molecule has 0 saturated carbocycles. The molecule has 0 spiro atoms. The Bertz CT molecular complexity index is 875. The Morgan fingerprint density at radius 1 is 0.933 bits per heavy atom. The maximum atomic E-state index is 13.1. The van der Waals surface area contributed by atoms with Crippen molar-refractivity contribution in [3.05, 3.63) is 69.7 Å². The van der Waals surface area contributed by atoms with Crippen molar-refractivity contribution in [1.82, 2.24) is 4.90 Å². The maximum Gasteiger partial charge on any atom is 0.416 e. The second-order valence-corrected chi connectivity index (χ2v) is 7.71. The molecule has 1 amide bonds. The monoisotopic (exact) mass is 449 g/mol. The number of hydrogen-bond donors (Lipinski definition) is 0. The molecule has 1 atom stereocenters. The van der Waals surface area contributed by atoms with Crippen LogP contribution in [0, 0.1) is 0 Å². The van der Waals surface area contributed by atoms with E-state index in [1.54, 1.807) is 24.3 Å². The summed E-state index contributed by atoms with van der Waals surface area (Å²) >= 11 is 5.87. The summed E-state index contributed by atoms with van der Waals surface area (Å²) in [5.41, 5.74) is -2.72. The van der Waals surface area contributed by atoms with Crippen LogP contribution in [-0.2, 0) is 18.8 Å². The van der Waals surface area contributed by atoms with E-state index in [1.807, 2.05) is 0 Å². The van der Waals surface area contributed by atoms with Crippen LogP contribution in [0.2, 0.25) is 5.02 Å². The number of likely N-dealkylation sites (tertiary alicyclic amines) is 1. The molecule has 1 fully saturated rings. The third-order valence-electron chi connectivity index (χ3n) is 5.11. The molecule has 1 saturated heterocycles. The highest BCUT2D eigenvalue weighted by Gasteiger charge is 2.38. The second kappa shape index (κ2) is 8.49. The van der Waals surface area contributed by atoms with Crippen molar-refractivity contribution in [2.45, 2.75) is 44.1 Å². The van der Waals surface area contributed by atoms with E-state index in [4.69, 9.17) is 11.6 Å². The summed E-state index contributed by atoms with van der Waals surface area (Å²) in [6, 6.07) is 7.63. The average Bonchev–Trinajstić information content (AvgIpc) is 2.68. The minimum atomic E-state index is -5.00. The zero-order chi connectivity index (χ0) is 22.1. The Kier molecular flexibility index (Phi) is 6.36. The Labute approximate surface area is 174 Å². The number of rotatable bonds is 3. The van der Waals surface area contributed by atoms with Gasteiger partial charge >= 0.3 is 12.4 Å². The first kappa shape index (κ1) is 22.5. The quantitative estimate of drug-likeness (QED) is 0.482. The molecule has 3 rings (SSSR count). The Hall–Kier alpha value is -2.22. The molecule has 1 aliphatic rings. The molecular weight excluding hydrogens is 432 g/mol. The van der Waals surface area contributed by atoms with Crippen LogP contribution in [0.1, 0.15) is 46.3 Å². The van der Waals surface area contributed by atoms with Crippen molar-refractivity contribution in [2.24, 2.45) is 0 Å². The van der Waals surface area contributed by atoms with Gasteiger partial charge in [0, 0.05) is 23.2 Å². The first-order chi connectivity index (χ1) is 13.9. The van der Waals surface area contributed by atoms with Gasteiger partial charge in [-0.05, 0) is 61.6 Å². The van der Waals surface area contributed by atoms with Crippen molar-refractivity contribution >= 4 is 17.5 Å². The van der Waals surface area contributed by atoms with Gasteiger partial charge in [-0.25, -0.2) is 0 Å². The van der Waals surface area contributed by atoms with Crippen molar-refractivity contribution in [3.63, 3.8) is 0 Å². The number of benzene rings is 2. The predicted molar refractivity (Wildman–Crippen MR) is 100 cm³/mol. The lowest BCUT2D eigenvalue weighted by Crippen LogP contribution is -2.45. The number of piperidine rings is 1. The molecule has 1 unspecified atom stereocenters. The summed E-state index contributed by atoms with van der Waals surface area (Å²) in [6.45, 7) is 0.273. The fraction of sp³-hybridized carbons (Fsp3) is 0.381. The van der Waals surface area contributed by atoms with E-state index in [9.17, 15) is 31.1 Å². The molecule has 9 heteroatoms. The highest BCUT2D eigenvalue weighted by Crippen LogP contribution is 2.37. The molecule has 1 aliphatic heterocycles. The van der Waals surface area contributed by atoms with Gasteiger partial charge in [0.25, 0.3) is 5.91 Å². The van der Waals surface area contributed by atoms with Crippen molar-refractivity contribution < 1.29 is 31.1 Å². The number of amides is 1. The molecule has 2 nitrogen and oxygen atoms in total. The van der Waals surface area contributed by atoms with E-state index in [0.717, 1.165) is 12.0 Å². The summed E-state index contributed by atoms with van der Waals surface area (Å²) < 4.78 is 78.8. The van der Waals surface area contributed by atoms with Crippen LogP contribution < -0.4 is 0 Å². The zero-order valence-electron chi connectivity index (χ0n) is 15.7. The third-order valence-corrected chi connectivity index (χ3v) is 5.36. The van der Waals surface area contributed by atoms with Crippen LogP contribution in [0.15, 0.2) is 42.5 Å². The van der Waals surface area contributed by atoms with E-state index < -0.39 is 35.0 Å². The van der Waals surface area contributed by atoms with Gasteiger partial charge in [0.1, 0.15) is 0 Å². The van der Waals surface area contributed by atoms with Crippen molar-refractivity contribution in [2.75, 3.05) is 6.54 Å². The third kappa shape index (κ3) is 5.28. The molecule has 0 radical (unpaired) electrons. The first-order valence-corrected chi connectivity index (χ1v) is 9.68. The SMILES string of the molecule is O=C(c1cc(C(F)(F)F)cc(C(F)(F)F)c1)N1CCCCC1Cc1ccc(Cl)cc1. The molecule has 0 N–H and O–H groups in total. The Morgan fingerprint density at radius 2 is 1.50 bits per heavy atom. The summed E-state index contributed by atoms with van der Waals surface area (Å²) in [4.78, 5) is 14.4. The first-order valence-electron chi connectivity index (χ1n) is 9.30. The van der Waals surface area contributed by atoms with E-state index >= 15 is 0 Å². The Morgan fingerprint density at radius 3 is 2.03 bits per heavy atom. The van der Waals surface area contributed by atoms with Gasteiger partial charge in [0.05, 0.1) is 11.1 Å². The molecule has 0 aliphatic carbocycles. The minimum absolute atomic E-state index is 0.0260. The topological polar surface area (TPSA) is 20.3 Å². The molecule has 30 heavy (non-hydrogen) atoms. The van der Waals surface area contributed by atoms with Crippen LogP contribution in [0.4, 0.5) is 26.3 Å². The average molecular weight is 450 g/mol. The highest BCUT2D eigenvalue weighted by molar-refractivity contribution is 6.30. The lowest BCUT2D eigenvalue weighted by molar-refractivity contribution is -0.143. The highest BCUT2D eigenvalue weighted by atomic mass is 35.5. The summed E-state index contributed by atoms with van der Waals surface area (Å²) in [6.07, 6.45) is -7.50. The van der Waals surface area contributed by atoms with E-state index in [-0.39, 0.29) is 18.7 Å². The fourth-order valence-electron chi connectivity index (χ4n) is 3.62. The number of carbonyl (C=O) groups excluding carboxylic acids is 1. The molecule has 162 valence electrons. The molecule has 1 heterocycles. The van der Waals surface area contributed by atoms with Gasteiger partial charge in [0.15, 0.2) is 0 Å². The van der Waals surface area contributed by atoms with Gasteiger partial charge in [-0.2, -0.15) is 26.3 Å². The lowest BCUT2D eigenvalue weighted by Gasteiger charge is -2.36. The van der Waals surface area contributed by atoms with Gasteiger partial charge in [-0.1, -0.05) is 23.7 Å². The Balaban J connectivity index is 1.93. The molecule has 0 aromatic heterocycles. The number of halogens is 7. The molecular formula is C21H18ClF6NO. The van der Waals surface area contributed by atoms with E-state index in [1.165, 1.54) is 4.90 Å². The van der Waals surface area contributed by atoms with Gasteiger partial charge in [0.2, 0.25) is 0 Å². The molecule has 2 aromatic rings. The zero-order valence-corrected chi connectivity index (χ0v) is 16.4. The van der Waals surface area contributed by atoms with Crippen molar-refractivity contribution in [3.8, 4) is 0 Å². The van der Waals surface area contributed by atoms with Crippen molar-refractivity contribution in [1.29, 1.82) is 0 Å². The summed E-state index contributed by atoms with van der Waals surface area (Å²) in [5.74, 6) is -0.828. The van der Waals surface area contributed by atoms with Gasteiger partial charge < -0.3 is 4.90 Å².